The minimum absolute atomic E-state index is 0.0922. The molecule has 0 N–H and O–H groups in total. The lowest BCUT2D eigenvalue weighted by Crippen LogP contribution is -2.51. The van der Waals surface area contributed by atoms with E-state index in [1.165, 1.54) is 0 Å². The van der Waals surface area contributed by atoms with Crippen LogP contribution in [0.2, 0.25) is 5.02 Å². The number of carbonyl (C=O) groups excluding carboxylic acids is 1. The number of amides is 1. The van der Waals surface area contributed by atoms with Crippen LogP contribution >= 0.6 is 11.6 Å². The van der Waals surface area contributed by atoms with E-state index in [-0.39, 0.29) is 25.5 Å². The van der Waals surface area contributed by atoms with Gasteiger partial charge in [0.2, 0.25) is 15.9 Å². The number of rotatable bonds is 7. The van der Waals surface area contributed by atoms with Crippen LogP contribution in [-0.4, -0.2) is 56.3 Å². The summed E-state index contributed by atoms with van der Waals surface area (Å²) in [5, 5.41) is 0.621. The Hall–Kier alpha value is -2.09. The number of carbonyl (C=O) groups is 1. The molecule has 6 nitrogen and oxygen atoms in total. The van der Waals surface area contributed by atoms with Gasteiger partial charge < -0.3 is 9.64 Å². The van der Waals surface area contributed by atoms with Gasteiger partial charge in [0.15, 0.2) is 0 Å². The molecule has 0 radical (unpaired) electrons. The number of hydrogen-bond donors (Lipinski definition) is 0. The van der Waals surface area contributed by atoms with Crippen LogP contribution in [0, 0.1) is 12.3 Å². The first-order valence-corrected chi connectivity index (χ1v) is 13.8. The van der Waals surface area contributed by atoms with E-state index in [2.05, 4.69) is 0 Å². The molecule has 8 heteroatoms. The molecule has 34 heavy (non-hydrogen) atoms. The van der Waals surface area contributed by atoms with Crippen LogP contribution in [0.15, 0.2) is 53.4 Å². The first-order valence-electron chi connectivity index (χ1n) is 12.0. The third-order valence-electron chi connectivity index (χ3n) is 6.93. The highest BCUT2D eigenvalue weighted by atomic mass is 35.5. The molecule has 2 aliphatic rings. The minimum atomic E-state index is -3.68. The summed E-state index contributed by atoms with van der Waals surface area (Å²) in [6, 6.07) is 14.2. The van der Waals surface area contributed by atoms with E-state index in [4.69, 9.17) is 16.3 Å². The first kappa shape index (κ1) is 25.0. The third-order valence-corrected chi connectivity index (χ3v) is 9.19. The van der Waals surface area contributed by atoms with Crippen molar-refractivity contribution in [3.05, 3.63) is 59.1 Å². The molecule has 0 saturated carbocycles. The van der Waals surface area contributed by atoms with Crippen LogP contribution in [0.4, 0.5) is 0 Å². The van der Waals surface area contributed by atoms with Gasteiger partial charge in [0.05, 0.1) is 11.5 Å². The standard InChI is InChI=1S/C26H33ClN2O4S/c1-21-8-3-4-9-24(21)34(31,32)29-17-7-14-26(19-29,18-25(30)28-15-5-2-6-16-28)20-33-23-12-10-22(27)11-13-23/h3-4,8-13H,2,5-7,14-20H2,1H3/t26-/m0/s1. The Labute approximate surface area is 207 Å². The number of hydrogen-bond acceptors (Lipinski definition) is 4. The zero-order valence-corrected chi connectivity index (χ0v) is 21.3. The molecule has 2 heterocycles. The summed E-state index contributed by atoms with van der Waals surface area (Å²) in [5.74, 6) is 0.752. The summed E-state index contributed by atoms with van der Waals surface area (Å²) >= 11 is 6.00. The van der Waals surface area contributed by atoms with Gasteiger partial charge in [-0.25, -0.2) is 8.42 Å². The van der Waals surface area contributed by atoms with Crippen molar-refractivity contribution in [1.29, 1.82) is 0 Å². The summed E-state index contributed by atoms with van der Waals surface area (Å²) < 4.78 is 34.8. The average Bonchev–Trinajstić information content (AvgIpc) is 2.84. The quantitative estimate of drug-likeness (QED) is 0.537. The lowest BCUT2D eigenvalue weighted by Gasteiger charge is -2.42. The zero-order chi connectivity index (χ0) is 24.2. The Bertz CT molecular complexity index is 1100. The third kappa shape index (κ3) is 5.75. The molecule has 2 aliphatic heterocycles. The van der Waals surface area contributed by atoms with E-state index < -0.39 is 15.4 Å². The molecule has 2 fully saturated rings. The first-order chi connectivity index (χ1) is 16.3. The molecule has 184 valence electrons. The highest BCUT2D eigenvalue weighted by molar-refractivity contribution is 7.89. The molecule has 2 saturated heterocycles. The zero-order valence-electron chi connectivity index (χ0n) is 19.7. The smallest absolute Gasteiger partial charge is 0.243 e. The van der Waals surface area contributed by atoms with Gasteiger partial charge in [-0.05, 0) is 74.9 Å². The monoisotopic (exact) mass is 504 g/mol. The van der Waals surface area contributed by atoms with Gasteiger partial charge in [0.1, 0.15) is 5.75 Å². The number of halogens is 1. The normalized spacial score (nSPS) is 21.9. The largest absolute Gasteiger partial charge is 0.493 e. The SMILES string of the molecule is Cc1ccccc1S(=O)(=O)N1CCC[C@](COc2ccc(Cl)cc2)(CC(=O)N2CCCCC2)C1. The lowest BCUT2D eigenvalue weighted by atomic mass is 9.78. The fourth-order valence-corrected chi connectivity index (χ4v) is 6.95. The highest BCUT2D eigenvalue weighted by Gasteiger charge is 2.43. The number of aryl methyl sites for hydroxylation is 1. The predicted octanol–water partition coefficient (Wildman–Crippen LogP) is 4.90. The van der Waals surface area contributed by atoms with Crippen molar-refractivity contribution >= 4 is 27.5 Å². The molecule has 2 aromatic carbocycles. The van der Waals surface area contributed by atoms with E-state index in [1.54, 1.807) is 40.7 Å². The summed E-state index contributed by atoms with van der Waals surface area (Å²) in [4.78, 5) is 15.6. The molecule has 0 unspecified atom stereocenters. The van der Waals surface area contributed by atoms with Crippen LogP contribution in [-0.2, 0) is 14.8 Å². The van der Waals surface area contributed by atoms with E-state index in [0.29, 0.717) is 28.6 Å². The molecule has 1 atom stereocenters. The maximum Gasteiger partial charge on any atom is 0.243 e. The Morgan fingerprint density at radius 1 is 1.00 bits per heavy atom. The molecule has 2 aromatic rings. The summed E-state index contributed by atoms with van der Waals surface area (Å²) in [6.45, 7) is 4.34. The van der Waals surface area contributed by atoms with Crippen molar-refractivity contribution < 1.29 is 17.9 Å². The second-order valence-corrected chi connectivity index (χ2v) is 11.9. The molecule has 0 aromatic heterocycles. The molecule has 0 bridgehead atoms. The molecular formula is C26H33ClN2O4S. The van der Waals surface area contributed by atoms with Gasteiger partial charge in [0.25, 0.3) is 0 Å². The maximum absolute atomic E-state index is 13.6. The number of ether oxygens (including phenoxy) is 1. The van der Waals surface area contributed by atoms with Crippen LogP contribution in [0.3, 0.4) is 0 Å². The van der Waals surface area contributed by atoms with Crippen LogP contribution < -0.4 is 4.74 Å². The van der Waals surface area contributed by atoms with E-state index in [0.717, 1.165) is 44.3 Å². The number of piperidine rings is 2. The molecular weight excluding hydrogens is 472 g/mol. The number of benzene rings is 2. The van der Waals surface area contributed by atoms with Gasteiger partial charge >= 0.3 is 0 Å². The Kier molecular flexibility index (Phi) is 7.85. The lowest BCUT2D eigenvalue weighted by molar-refractivity contribution is -0.136. The molecule has 0 spiro atoms. The summed E-state index contributed by atoms with van der Waals surface area (Å²) in [5.41, 5.74) is 0.128. The summed E-state index contributed by atoms with van der Waals surface area (Å²) in [6.07, 6.45) is 4.89. The van der Waals surface area contributed by atoms with Crippen molar-refractivity contribution in [3.63, 3.8) is 0 Å². The fraction of sp³-hybridized carbons (Fsp3) is 0.500. The van der Waals surface area contributed by atoms with Crippen LogP contribution in [0.1, 0.15) is 44.1 Å². The number of sulfonamides is 1. The Morgan fingerprint density at radius 3 is 2.41 bits per heavy atom. The Morgan fingerprint density at radius 2 is 1.71 bits per heavy atom. The fourth-order valence-electron chi connectivity index (χ4n) is 5.01. The van der Waals surface area contributed by atoms with Crippen molar-refractivity contribution in [1.82, 2.24) is 9.21 Å². The number of nitrogens with zero attached hydrogens (tertiary/aromatic N) is 2. The predicted molar refractivity (Wildman–Crippen MR) is 134 cm³/mol. The van der Waals surface area contributed by atoms with Gasteiger partial charge in [-0.15, -0.1) is 0 Å². The van der Waals surface area contributed by atoms with E-state index >= 15 is 0 Å². The number of likely N-dealkylation sites (tertiary alicyclic amines) is 1. The van der Waals surface area contributed by atoms with Crippen molar-refractivity contribution in [2.45, 2.75) is 50.3 Å². The van der Waals surface area contributed by atoms with Crippen LogP contribution in [0.25, 0.3) is 0 Å². The topological polar surface area (TPSA) is 66.9 Å². The maximum atomic E-state index is 13.6. The van der Waals surface area contributed by atoms with Gasteiger partial charge in [-0.3, -0.25) is 4.79 Å². The second kappa shape index (κ2) is 10.7. The Balaban J connectivity index is 1.58. The van der Waals surface area contributed by atoms with Crippen LogP contribution in [0.5, 0.6) is 5.75 Å². The van der Waals surface area contributed by atoms with Crippen molar-refractivity contribution in [2.75, 3.05) is 32.8 Å². The highest BCUT2D eigenvalue weighted by Crippen LogP contribution is 2.38. The van der Waals surface area contributed by atoms with E-state index in [9.17, 15) is 13.2 Å². The van der Waals surface area contributed by atoms with Crippen molar-refractivity contribution in [3.8, 4) is 5.75 Å². The second-order valence-electron chi connectivity index (χ2n) is 9.57. The minimum Gasteiger partial charge on any atom is -0.493 e. The van der Waals surface area contributed by atoms with Gasteiger partial charge in [-0.2, -0.15) is 4.31 Å². The summed E-state index contributed by atoms with van der Waals surface area (Å²) in [7, 11) is -3.68. The van der Waals surface area contributed by atoms with Crippen molar-refractivity contribution in [2.24, 2.45) is 5.41 Å². The average molecular weight is 505 g/mol. The molecule has 1 amide bonds. The molecule has 0 aliphatic carbocycles. The van der Waals surface area contributed by atoms with Gasteiger partial charge in [-0.1, -0.05) is 29.8 Å². The van der Waals surface area contributed by atoms with E-state index in [1.807, 2.05) is 24.0 Å². The van der Waals surface area contributed by atoms with Gasteiger partial charge in [0, 0.05) is 43.0 Å². The molecule has 4 rings (SSSR count).